The number of sulfonamides is 1. The summed E-state index contributed by atoms with van der Waals surface area (Å²) in [6.07, 6.45) is 1.55. The highest BCUT2D eigenvalue weighted by Gasteiger charge is 2.27. The monoisotopic (exact) mass is 258 g/mol. The SMILES string of the molecule is Cc1cccnc1CNS(=O)(=O)C(C)C(=O)O. The first-order chi connectivity index (χ1) is 7.84. The van der Waals surface area contributed by atoms with Crippen LogP contribution in [-0.4, -0.2) is 29.7 Å². The van der Waals surface area contributed by atoms with Crippen molar-refractivity contribution in [2.24, 2.45) is 0 Å². The van der Waals surface area contributed by atoms with Crippen molar-refractivity contribution in [1.29, 1.82) is 0 Å². The van der Waals surface area contributed by atoms with Crippen LogP contribution >= 0.6 is 0 Å². The standard InChI is InChI=1S/C10H14N2O4S/c1-7-4-3-5-11-9(7)6-12-17(15,16)8(2)10(13)14/h3-5,8,12H,6H2,1-2H3,(H,13,14). The summed E-state index contributed by atoms with van der Waals surface area (Å²) in [5.41, 5.74) is 1.42. The van der Waals surface area contributed by atoms with Crippen LogP contribution in [0.25, 0.3) is 0 Å². The van der Waals surface area contributed by atoms with Crippen molar-refractivity contribution in [2.75, 3.05) is 0 Å². The van der Waals surface area contributed by atoms with E-state index >= 15 is 0 Å². The van der Waals surface area contributed by atoms with Gasteiger partial charge in [0.25, 0.3) is 0 Å². The number of aliphatic carboxylic acids is 1. The summed E-state index contributed by atoms with van der Waals surface area (Å²) in [5.74, 6) is -1.38. The Morgan fingerprint density at radius 2 is 2.24 bits per heavy atom. The van der Waals surface area contributed by atoms with Crippen LogP contribution in [0.5, 0.6) is 0 Å². The largest absolute Gasteiger partial charge is 0.480 e. The quantitative estimate of drug-likeness (QED) is 0.791. The van der Waals surface area contributed by atoms with Gasteiger partial charge < -0.3 is 5.11 Å². The predicted molar refractivity (Wildman–Crippen MR) is 61.8 cm³/mol. The predicted octanol–water partition coefficient (Wildman–Crippen LogP) is 0.283. The van der Waals surface area contributed by atoms with Crippen LogP contribution in [0.3, 0.4) is 0 Å². The molecule has 0 aromatic carbocycles. The fourth-order valence-electron chi connectivity index (χ4n) is 1.13. The molecular formula is C10H14N2O4S. The van der Waals surface area contributed by atoms with Crippen molar-refractivity contribution < 1.29 is 18.3 Å². The Bertz CT molecular complexity index is 513. The van der Waals surface area contributed by atoms with Crippen molar-refractivity contribution >= 4 is 16.0 Å². The first kappa shape index (κ1) is 13.6. The lowest BCUT2D eigenvalue weighted by atomic mass is 10.2. The molecule has 1 unspecified atom stereocenters. The number of rotatable bonds is 5. The molecule has 0 spiro atoms. The lowest BCUT2D eigenvalue weighted by Crippen LogP contribution is -2.37. The summed E-state index contributed by atoms with van der Waals surface area (Å²) in [6, 6.07) is 3.55. The van der Waals surface area contributed by atoms with Gasteiger partial charge in [-0.05, 0) is 25.5 Å². The van der Waals surface area contributed by atoms with Crippen LogP contribution in [0.4, 0.5) is 0 Å². The molecule has 17 heavy (non-hydrogen) atoms. The molecule has 0 aliphatic rings. The van der Waals surface area contributed by atoms with E-state index in [2.05, 4.69) is 9.71 Å². The summed E-state index contributed by atoms with van der Waals surface area (Å²) in [7, 11) is -3.86. The average Bonchev–Trinajstić information content (AvgIpc) is 2.27. The van der Waals surface area contributed by atoms with Gasteiger partial charge in [0, 0.05) is 6.20 Å². The number of pyridine rings is 1. The first-order valence-electron chi connectivity index (χ1n) is 4.96. The van der Waals surface area contributed by atoms with Crippen LogP contribution in [0, 0.1) is 6.92 Å². The fourth-order valence-corrected chi connectivity index (χ4v) is 1.98. The maximum absolute atomic E-state index is 11.5. The van der Waals surface area contributed by atoms with E-state index in [4.69, 9.17) is 5.11 Å². The highest BCUT2D eigenvalue weighted by atomic mass is 32.2. The van der Waals surface area contributed by atoms with E-state index in [0.29, 0.717) is 5.69 Å². The van der Waals surface area contributed by atoms with Crippen molar-refractivity contribution in [2.45, 2.75) is 25.6 Å². The molecule has 1 atom stereocenters. The number of nitrogens with one attached hydrogen (secondary N) is 1. The molecule has 0 saturated carbocycles. The van der Waals surface area contributed by atoms with E-state index in [-0.39, 0.29) is 6.54 Å². The summed E-state index contributed by atoms with van der Waals surface area (Å²) in [4.78, 5) is 14.6. The summed E-state index contributed by atoms with van der Waals surface area (Å²) in [5, 5.41) is 7.15. The molecule has 94 valence electrons. The van der Waals surface area contributed by atoms with Crippen molar-refractivity contribution in [3.8, 4) is 0 Å². The van der Waals surface area contributed by atoms with Crippen LogP contribution in [0.2, 0.25) is 0 Å². The molecule has 1 rings (SSSR count). The maximum atomic E-state index is 11.5. The summed E-state index contributed by atoms with van der Waals surface area (Å²) in [6.45, 7) is 2.92. The second-order valence-electron chi connectivity index (χ2n) is 3.61. The highest BCUT2D eigenvalue weighted by molar-refractivity contribution is 7.90. The molecule has 0 aliphatic carbocycles. The van der Waals surface area contributed by atoms with Gasteiger partial charge >= 0.3 is 5.97 Å². The van der Waals surface area contributed by atoms with Gasteiger partial charge in [-0.15, -0.1) is 0 Å². The number of hydrogen-bond acceptors (Lipinski definition) is 4. The zero-order valence-corrected chi connectivity index (χ0v) is 10.4. The number of carboxylic acids is 1. The van der Waals surface area contributed by atoms with Crippen LogP contribution in [0.1, 0.15) is 18.2 Å². The summed E-state index contributed by atoms with van der Waals surface area (Å²) < 4.78 is 25.3. The Hall–Kier alpha value is -1.47. The van der Waals surface area contributed by atoms with Gasteiger partial charge in [-0.3, -0.25) is 9.78 Å². The normalized spacial score (nSPS) is 13.3. The molecule has 0 radical (unpaired) electrons. The zero-order chi connectivity index (χ0) is 13.1. The van der Waals surface area contributed by atoms with Gasteiger partial charge in [0.1, 0.15) is 0 Å². The number of aromatic nitrogens is 1. The molecule has 0 bridgehead atoms. The summed E-state index contributed by atoms with van der Waals surface area (Å²) >= 11 is 0. The molecule has 1 heterocycles. The maximum Gasteiger partial charge on any atom is 0.323 e. The molecule has 0 saturated heterocycles. The number of aryl methyl sites for hydroxylation is 1. The van der Waals surface area contributed by atoms with Crippen molar-refractivity contribution in [3.63, 3.8) is 0 Å². The van der Waals surface area contributed by atoms with Gasteiger partial charge in [0.15, 0.2) is 5.25 Å². The van der Waals surface area contributed by atoms with Gasteiger partial charge in [0.05, 0.1) is 12.2 Å². The third-order valence-electron chi connectivity index (χ3n) is 2.37. The Balaban J connectivity index is 2.75. The average molecular weight is 258 g/mol. The molecule has 1 aromatic rings. The van der Waals surface area contributed by atoms with Crippen molar-refractivity contribution in [1.82, 2.24) is 9.71 Å². The van der Waals surface area contributed by atoms with Crippen LogP contribution in [0.15, 0.2) is 18.3 Å². The molecule has 1 aromatic heterocycles. The van der Waals surface area contributed by atoms with E-state index in [9.17, 15) is 13.2 Å². The third-order valence-corrected chi connectivity index (χ3v) is 4.05. The van der Waals surface area contributed by atoms with E-state index in [1.54, 1.807) is 25.3 Å². The molecule has 2 N–H and O–H groups in total. The van der Waals surface area contributed by atoms with E-state index in [1.807, 2.05) is 0 Å². The molecule has 6 nitrogen and oxygen atoms in total. The number of carbonyl (C=O) groups is 1. The third kappa shape index (κ3) is 3.50. The number of carboxylic acid groups (broad SMARTS) is 1. The Morgan fingerprint density at radius 3 is 2.76 bits per heavy atom. The minimum absolute atomic E-state index is 0.00731. The van der Waals surface area contributed by atoms with Crippen LogP contribution in [-0.2, 0) is 21.4 Å². The lowest BCUT2D eigenvalue weighted by molar-refractivity contribution is -0.136. The Labute approximate surface area is 99.7 Å². The number of hydrogen-bond donors (Lipinski definition) is 2. The highest BCUT2D eigenvalue weighted by Crippen LogP contribution is 2.05. The minimum atomic E-state index is -3.86. The van der Waals surface area contributed by atoms with E-state index in [1.165, 1.54) is 0 Å². The van der Waals surface area contributed by atoms with Gasteiger partial charge in [-0.25, -0.2) is 13.1 Å². The molecule has 0 aliphatic heterocycles. The van der Waals surface area contributed by atoms with E-state index in [0.717, 1.165) is 12.5 Å². The van der Waals surface area contributed by atoms with Crippen LogP contribution < -0.4 is 4.72 Å². The van der Waals surface area contributed by atoms with E-state index < -0.39 is 21.2 Å². The van der Waals surface area contributed by atoms with Crippen molar-refractivity contribution in [3.05, 3.63) is 29.6 Å². The Kier molecular flexibility index (Phi) is 4.19. The van der Waals surface area contributed by atoms with Gasteiger partial charge in [-0.1, -0.05) is 6.07 Å². The minimum Gasteiger partial charge on any atom is -0.480 e. The zero-order valence-electron chi connectivity index (χ0n) is 9.54. The topological polar surface area (TPSA) is 96.4 Å². The molecule has 7 heteroatoms. The second kappa shape index (κ2) is 5.24. The molecule has 0 fully saturated rings. The molecular weight excluding hydrogens is 244 g/mol. The first-order valence-corrected chi connectivity index (χ1v) is 6.51. The fraction of sp³-hybridized carbons (Fsp3) is 0.400. The van der Waals surface area contributed by atoms with Gasteiger partial charge in [0.2, 0.25) is 10.0 Å². The smallest absolute Gasteiger partial charge is 0.323 e. The lowest BCUT2D eigenvalue weighted by Gasteiger charge is -2.10. The Morgan fingerprint density at radius 1 is 1.59 bits per heavy atom. The second-order valence-corrected chi connectivity index (χ2v) is 5.70. The number of nitrogens with zero attached hydrogens (tertiary/aromatic N) is 1. The van der Waals surface area contributed by atoms with Gasteiger partial charge in [-0.2, -0.15) is 0 Å². The molecule has 0 amide bonds.